The van der Waals surface area contributed by atoms with Crippen molar-refractivity contribution in [2.75, 3.05) is 6.61 Å². The third-order valence-corrected chi connectivity index (χ3v) is 3.43. The molecule has 0 spiro atoms. The zero-order valence-electron chi connectivity index (χ0n) is 9.36. The van der Waals surface area contributed by atoms with Crippen LogP contribution in [0.15, 0.2) is 17.0 Å². The first-order valence-corrected chi connectivity index (χ1v) is 6.70. The van der Waals surface area contributed by atoms with E-state index < -0.39 is 16.0 Å². The van der Waals surface area contributed by atoms with Crippen LogP contribution in [0.5, 0.6) is 0 Å². The molecule has 0 heterocycles. The van der Waals surface area contributed by atoms with Gasteiger partial charge in [0, 0.05) is 5.02 Å². The predicted molar refractivity (Wildman–Crippen MR) is 63.5 cm³/mol. The molecule has 0 bridgehead atoms. The fourth-order valence-electron chi connectivity index (χ4n) is 1.24. The molecule has 1 aromatic carbocycles. The largest absolute Gasteiger partial charge is 0.462 e. The van der Waals surface area contributed by atoms with Gasteiger partial charge in [-0.2, -0.15) is 0 Å². The summed E-state index contributed by atoms with van der Waals surface area (Å²) < 4.78 is 27.2. The number of carbonyl (C=O) groups excluding carboxylic acids is 1. The van der Waals surface area contributed by atoms with Gasteiger partial charge in [-0.05, 0) is 31.5 Å². The summed E-state index contributed by atoms with van der Waals surface area (Å²) in [5.74, 6) is -0.627. The zero-order chi connectivity index (χ0) is 13.2. The van der Waals surface area contributed by atoms with Crippen LogP contribution in [0.25, 0.3) is 0 Å². The van der Waals surface area contributed by atoms with Crippen molar-refractivity contribution in [1.29, 1.82) is 0 Å². The molecule has 0 aromatic heterocycles. The van der Waals surface area contributed by atoms with Crippen molar-refractivity contribution in [2.45, 2.75) is 18.7 Å². The average Bonchev–Trinajstić information content (AvgIpc) is 2.20. The number of esters is 1. The second-order valence-corrected chi connectivity index (χ2v) is 5.31. The Kier molecular flexibility index (Phi) is 4.13. The highest BCUT2D eigenvalue weighted by atomic mass is 35.5. The van der Waals surface area contributed by atoms with E-state index in [1.54, 1.807) is 13.8 Å². The van der Waals surface area contributed by atoms with Gasteiger partial charge in [0.2, 0.25) is 10.0 Å². The number of benzene rings is 1. The Balaban J connectivity index is 3.40. The molecule has 0 radical (unpaired) electrons. The zero-order valence-corrected chi connectivity index (χ0v) is 10.9. The number of sulfonamides is 1. The van der Waals surface area contributed by atoms with Crippen LogP contribution in [0.4, 0.5) is 0 Å². The highest BCUT2D eigenvalue weighted by Gasteiger charge is 2.18. The second kappa shape index (κ2) is 5.03. The lowest BCUT2D eigenvalue weighted by Crippen LogP contribution is -2.15. The maximum Gasteiger partial charge on any atom is 0.338 e. The molecule has 0 unspecified atom stereocenters. The Morgan fingerprint density at radius 2 is 2.06 bits per heavy atom. The van der Waals surface area contributed by atoms with Crippen LogP contribution in [0.1, 0.15) is 22.8 Å². The van der Waals surface area contributed by atoms with Crippen molar-refractivity contribution < 1.29 is 17.9 Å². The lowest BCUT2D eigenvalue weighted by atomic mass is 10.1. The van der Waals surface area contributed by atoms with E-state index in [0.717, 1.165) is 6.07 Å². The van der Waals surface area contributed by atoms with E-state index in [4.69, 9.17) is 21.5 Å². The first-order valence-electron chi connectivity index (χ1n) is 4.77. The monoisotopic (exact) mass is 277 g/mol. The minimum absolute atomic E-state index is 0.100. The Bertz CT molecular complexity index is 554. The molecule has 0 fully saturated rings. The summed E-state index contributed by atoms with van der Waals surface area (Å²) in [5.41, 5.74) is 0.556. The SMILES string of the molecule is CCOC(=O)c1cc(S(N)(=O)=O)cc(Cl)c1C. The summed E-state index contributed by atoms with van der Waals surface area (Å²) >= 11 is 5.84. The smallest absolute Gasteiger partial charge is 0.338 e. The van der Waals surface area contributed by atoms with E-state index in [9.17, 15) is 13.2 Å². The second-order valence-electron chi connectivity index (χ2n) is 3.34. The Morgan fingerprint density at radius 3 is 2.53 bits per heavy atom. The van der Waals surface area contributed by atoms with Crippen molar-refractivity contribution in [2.24, 2.45) is 5.14 Å². The molecule has 17 heavy (non-hydrogen) atoms. The van der Waals surface area contributed by atoms with Gasteiger partial charge in [-0.25, -0.2) is 18.4 Å². The van der Waals surface area contributed by atoms with Crippen molar-refractivity contribution in [3.8, 4) is 0 Å². The molecule has 0 aliphatic carbocycles. The molecular weight excluding hydrogens is 266 g/mol. The maximum absolute atomic E-state index is 11.6. The summed E-state index contributed by atoms with van der Waals surface area (Å²) in [5, 5.41) is 5.13. The van der Waals surface area contributed by atoms with Crippen molar-refractivity contribution in [3.63, 3.8) is 0 Å². The van der Waals surface area contributed by atoms with Gasteiger partial charge in [0.15, 0.2) is 0 Å². The van der Waals surface area contributed by atoms with E-state index in [0.29, 0.717) is 5.56 Å². The molecule has 1 aromatic rings. The summed E-state index contributed by atoms with van der Waals surface area (Å²) in [6.07, 6.45) is 0. The third-order valence-electron chi connectivity index (χ3n) is 2.14. The molecule has 2 N–H and O–H groups in total. The van der Waals surface area contributed by atoms with Crippen molar-refractivity contribution >= 4 is 27.6 Å². The molecule has 0 saturated heterocycles. The van der Waals surface area contributed by atoms with Crippen molar-refractivity contribution in [1.82, 2.24) is 0 Å². The lowest BCUT2D eigenvalue weighted by molar-refractivity contribution is 0.0525. The molecule has 0 atom stereocenters. The molecule has 7 heteroatoms. The molecule has 94 valence electrons. The topological polar surface area (TPSA) is 86.5 Å². The quantitative estimate of drug-likeness (QED) is 0.848. The van der Waals surface area contributed by atoms with Crippen LogP contribution in [0.2, 0.25) is 5.02 Å². The number of carbonyl (C=O) groups is 1. The van der Waals surface area contributed by atoms with Crippen LogP contribution in [0.3, 0.4) is 0 Å². The number of ether oxygens (including phenoxy) is 1. The van der Waals surface area contributed by atoms with Gasteiger partial charge < -0.3 is 4.74 Å². The van der Waals surface area contributed by atoms with Gasteiger partial charge in [-0.3, -0.25) is 0 Å². The van der Waals surface area contributed by atoms with Gasteiger partial charge in [0.1, 0.15) is 0 Å². The van der Waals surface area contributed by atoms with Gasteiger partial charge in [0.05, 0.1) is 17.1 Å². The van der Waals surface area contributed by atoms with E-state index in [1.807, 2.05) is 0 Å². The standard InChI is InChI=1S/C10H12ClNO4S/c1-3-16-10(13)8-4-7(17(12,14)15)5-9(11)6(8)2/h4-5H,3H2,1-2H3,(H2,12,14,15). The summed E-state index contributed by atoms with van der Waals surface area (Å²) in [4.78, 5) is 11.4. The highest BCUT2D eigenvalue weighted by molar-refractivity contribution is 7.89. The predicted octanol–water partition coefficient (Wildman–Crippen LogP) is 1.47. The first kappa shape index (κ1) is 14.0. The fourth-order valence-corrected chi connectivity index (χ4v) is 2.09. The number of hydrogen-bond donors (Lipinski definition) is 1. The molecule has 1 rings (SSSR count). The van der Waals surface area contributed by atoms with Crippen LogP contribution in [0, 0.1) is 6.92 Å². The molecule has 0 aliphatic heterocycles. The minimum Gasteiger partial charge on any atom is -0.462 e. The van der Waals surface area contributed by atoms with Gasteiger partial charge in [-0.15, -0.1) is 0 Å². The van der Waals surface area contributed by atoms with Crippen LogP contribution < -0.4 is 5.14 Å². The van der Waals surface area contributed by atoms with E-state index in [2.05, 4.69) is 0 Å². The maximum atomic E-state index is 11.6. The lowest BCUT2D eigenvalue weighted by Gasteiger charge is -2.09. The molecule has 0 aliphatic rings. The fraction of sp³-hybridized carbons (Fsp3) is 0.300. The Labute approximate surface area is 105 Å². The Hall–Kier alpha value is -1.11. The highest BCUT2D eigenvalue weighted by Crippen LogP contribution is 2.24. The molecule has 0 amide bonds. The summed E-state index contributed by atoms with van der Waals surface area (Å²) in [6, 6.07) is 2.36. The van der Waals surface area contributed by atoms with Gasteiger partial charge in [-0.1, -0.05) is 11.6 Å². The molecule has 5 nitrogen and oxygen atoms in total. The third kappa shape index (κ3) is 3.18. The number of nitrogens with two attached hydrogens (primary N) is 1. The van der Waals surface area contributed by atoms with Gasteiger partial charge >= 0.3 is 5.97 Å². The Morgan fingerprint density at radius 1 is 1.47 bits per heavy atom. The molecule has 0 saturated carbocycles. The van der Waals surface area contributed by atoms with Crippen LogP contribution in [-0.2, 0) is 14.8 Å². The molecular formula is C10H12ClNO4S. The number of hydrogen-bond acceptors (Lipinski definition) is 4. The number of primary sulfonamides is 1. The van der Waals surface area contributed by atoms with E-state index >= 15 is 0 Å². The van der Waals surface area contributed by atoms with Gasteiger partial charge in [0.25, 0.3) is 0 Å². The van der Waals surface area contributed by atoms with Crippen molar-refractivity contribution in [3.05, 3.63) is 28.3 Å². The number of rotatable bonds is 3. The minimum atomic E-state index is -3.91. The first-order chi connectivity index (χ1) is 7.77. The van der Waals surface area contributed by atoms with E-state index in [1.165, 1.54) is 6.07 Å². The number of halogens is 1. The normalized spacial score (nSPS) is 11.3. The van der Waals surface area contributed by atoms with E-state index in [-0.39, 0.29) is 22.1 Å². The summed E-state index contributed by atoms with van der Waals surface area (Å²) in [7, 11) is -3.91. The van der Waals surface area contributed by atoms with Crippen LogP contribution >= 0.6 is 11.6 Å². The summed E-state index contributed by atoms with van der Waals surface area (Å²) in [6.45, 7) is 3.44. The van der Waals surface area contributed by atoms with Crippen LogP contribution in [-0.4, -0.2) is 21.0 Å². The average molecular weight is 278 g/mol.